The largest absolute Gasteiger partial charge is 0.334 e. The summed E-state index contributed by atoms with van der Waals surface area (Å²) in [5, 5.41) is 0. The van der Waals surface area contributed by atoms with Crippen LogP contribution in [0.5, 0.6) is 0 Å². The van der Waals surface area contributed by atoms with Crippen LogP contribution in [0.3, 0.4) is 0 Å². The summed E-state index contributed by atoms with van der Waals surface area (Å²) in [6, 6.07) is 12.2. The molecule has 21 heavy (non-hydrogen) atoms. The number of benzene rings is 1. The summed E-state index contributed by atoms with van der Waals surface area (Å²) < 4.78 is 0.931. The van der Waals surface area contributed by atoms with Crippen LogP contribution in [0.1, 0.15) is 22.7 Å². The van der Waals surface area contributed by atoms with Crippen molar-refractivity contribution in [3.05, 3.63) is 76.5 Å². The van der Waals surface area contributed by atoms with Crippen molar-refractivity contribution in [2.75, 3.05) is 6.54 Å². The van der Waals surface area contributed by atoms with Gasteiger partial charge in [0.25, 0.3) is 0 Å². The summed E-state index contributed by atoms with van der Waals surface area (Å²) in [7, 11) is 0. The Bertz CT molecular complexity index is 684. The molecule has 1 unspecified atom stereocenters. The van der Waals surface area contributed by atoms with Gasteiger partial charge in [0.2, 0.25) is 5.91 Å². The zero-order valence-corrected chi connectivity index (χ0v) is 13.1. The molecule has 2 aromatic rings. The molecule has 3 nitrogen and oxygen atoms in total. The maximum absolute atomic E-state index is 12.0. The van der Waals surface area contributed by atoms with E-state index in [0.717, 1.165) is 15.7 Å². The maximum atomic E-state index is 12.0. The lowest BCUT2D eigenvalue weighted by Gasteiger charge is -2.33. The summed E-state index contributed by atoms with van der Waals surface area (Å²) in [5.41, 5.74) is 3.31. The minimum atomic E-state index is -0.0402. The first kappa shape index (κ1) is 14.0. The number of amides is 1. The van der Waals surface area contributed by atoms with Crippen LogP contribution in [0.25, 0.3) is 0 Å². The number of halogens is 1. The van der Waals surface area contributed by atoms with Gasteiger partial charge in [0.1, 0.15) is 0 Å². The number of pyridine rings is 1. The highest BCUT2D eigenvalue weighted by Gasteiger charge is 2.29. The summed E-state index contributed by atoms with van der Waals surface area (Å²) in [5.74, 6) is 0.0634. The number of hydrogen-bond donors (Lipinski definition) is 0. The number of aromatic nitrogens is 1. The van der Waals surface area contributed by atoms with E-state index in [1.54, 1.807) is 0 Å². The quantitative estimate of drug-likeness (QED) is 0.782. The predicted molar refractivity (Wildman–Crippen MR) is 85.8 cm³/mol. The van der Waals surface area contributed by atoms with Gasteiger partial charge in [0, 0.05) is 29.7 Å². The Hall–Kier alpha value is -1.94. The van der Waals surface area contributed by atoms with Crippen molar-refractivity contribution in [2.45, 2.75) is 12.5 Å². The molecule has 1 aliphatic rings. The van der Waals surface area contributed by atoms with Gasteiger partial charge in [-0.3, -0.25) is 9.78 Å². The highest BCUT2D eigenvalue weighted by molar-refractivity contribution is 9.10. The summed E-state index contributed by atoms with van der Waals surface area (Å²) >= 11 is 3.45. The first-order chi connectivity index (χ1) is 10.2. The van der Waals surface area contributed by atoms with Crippen molar-refractivity contribution >= 4 is 21.8 Å². The van der Waals surface area contributed by atoms with Gasteiger partial charge in [0.05, 0.1) is 5.69 Å². The van der Waals surface area contributed by atoms with Crippen LogP contribution in [-0.4, -0.2) is 22.3 Å². The van der Waals surface area contributed by atoms with Crippen molar-refractivity contribution in [3.8, 4) is 0 Å². The molecule has 1 aromatic heterocycles. The molecule has 0 saturated heterocycles. The predicted octanol–water partition coefficient (Wildman–Crippen LogP) is 3.50. The van der Waals surface area contributed by atoms with Crippen LogP contribution in [0.4, 0.5) is 0 Å². The third-order valence-corrected chi connectivity index (χ3v) is 4.18. The fraction of sp³-hybridized carbons (Fsp3) is 0.176. The molecular weight excluding hydrogens is 328 g/mol. The topological polar surface area (TPSA) is 33.2 Å². The minimum Gasteiger partial charge on any atom is -0.334 e. The lowest BCUT2D eigenvalue weighted by atomic mass is 9.88. The van der Waals surface area contributed by atoms with Crippen LogP contribution in [0, 0.1) is 0 Å². The Morgan fingerprint density at radius 2 is 2.14 bits per heavy atom. The molecule has 0 bridgehead atoms. The maximum Gasteiger partial charge on any atom is 0.246 e. The molecular formula is C17H15BrN2O. The molecule has 1 aliphatic heterocycles. The Balaban J connectivity index is 2.07. The SMILES string of the molecule is C=CC(=O)N1Cc2cc(Br)cnc2C(c2ccccc2)C1. The highest BCUT2D eigenvalue weighted by Crippen LogP contribution is 2.33. The lowest BCUT2D eigenvalue weighted by Crippen LogP contribution is -2.38. The van der Waals surface area contributed by atoms with E-state index in [1.165, 1.54) is 11.6 Å². The van der Waals surface area contributed by atoms with E-state index >= 15 is 0 Å². The highest BCUT2D eigenvalue weighted by atomic mass is 79.9. The molecule has 0 fully saturated rings. The molecule has 1 atom stereocenters. The first-order valence-electron chi connectivity index (χ1n) is 6.79. The summed E-state index contributed by atoms with van der Waals surface area (Å²) in [6.45, 7) is 4.81. The molecule has 1 aromatic carbocycles. The molecule has 106 valence electrons. The van der Waals surface area contributed by atoms with E-state index in [2.05, 4.69) is 39.6 Å². The number of carbonyl (C=O) groups excluding carboxylic acids is 1. The summed E-state index contributed by atoms with van der Waals surface area (Å²) in [6.07, 6.45) is 3.19. The zero-order chi connectivity index (χ0) is 14.8. The molecule has 2 heterocycles. The molecule has 0 radical (unpaired) electrons. The number of carbonyl (C=O) groups is 1. The van der Waals surface area contributed by atoms with E-state index in [0.29, 0.717) is 13.1 Å². The van der Waals surface area contributed by atoms with Gasteiger partial charge in [-0.05, 0) is 39.2 Å². The van der Waals surface area contributed by atoms with Gasteiger partial charge in [-0.25, -0.2) is 0 Å². The fourth-order valence-electron chi connectivity index (χ4n) is 2.75. The second kappa shape index (κ2) is 5.82. The van der Waals surface area contributed by atoms with E-state index in [1.807, 2.05) is 35.4 Å². The lowest BCUT2D eigenvalue weighted by molar-refractivity contribution is -0.127. The Morgan fingerprint density at radius 3 is 2.86 bits per heavy atom. The Morgan fingerprint density at radius 1 is 1.38 bits per heavy atom. The number of rotatable bonds is 2. The van der Waals surface area contributed by atoms with E-state index in [4.69, 9.17) is 0 Å². The van der Waals surface area contributed by atoms with Gasteiger partial charge >= 0.3 is 0 Å². The van der Waals surface area contributed by atoms with Crippen LogP contribution < -0.4 is 0 Å². The zero-order valence-electron chi connectivity index (χ0n) is 11.5. The average Bonchev–Trinajstić information content (AvgIpc) is 2.53. The third kappa shape index (κ3) is 2.76. The van der Waals surface area contributed by atoms with Gasteiger partial charge in [-0.2, -0.15) is 0 Å². The fourth-order valence-corrected chi connectivity index (χ4v) is 3.13. The molecule has 0 saturated carbocycles. The first-order valence-corrected chi connectivity index (χ1v) is 7.59. The van der Waals surface area contributed by atoms with Crippen LogP contribution in [0.15, 0.2) is 59.7 Å². The standard InChI is InChI=1S/C17H15BrN2O/c1-2-16(21)20-10-13-8-14(18)9-19-17(13)15(11-20)12-6-4-3-5-7-12/h2-9,15H,1,10-11H2. The van der Waals surface area contributed by atoms with E-state index < -0.39 is 0 Å². The third-order valence-electron chi connectivity index (χ3n) is 3.75. The second-order valence-corrected chi connectivity index (χ2v) is 6.00. The van der Waals surface area contributed by atoms with Crippen molar-refractivity contribution in [1.82, 2.24) is 9.88 Å². The Kier molecular flexibility index (Phi) is 3.88. The second-order valence-electron chi connectivity index (χ2n) is 5.08. The van der Waals surface area contributed by atoms with Crippen LogP contribution in [0.2, 0.25) is 0 Å². The molecule has 4 heteroatoms. The number of hydrogen-bond acceptors (Lipinski definition) is 2. The normalized spacial score (nSPS) is 17.2. The smallest absolute Gasteiger partial charge is 0.246 e. The van der Waals surface area contributed by atoms with Crippen LogP contribution >= 0.6 is 15.9 Å². The average molecular weight is 343 g/mol. The van der Waals surface area contributed by atoms with E-state index in [-0.39, 0.29) is 11.8 Å². The number of nitrogens with zero attached hydrogens (tertiary/aromatic N) is 2. The summed E-state index contributed by atoms with van der Waals surface area (Å²) in [4.78, 5) is 18.4. The Labute approximate surface area is 132 Å². The van der Waals surface area contributed by atoms with E-state index in [9.17, 15) is 4.79 Å². The molecule has 0 aliphatic carbocycles. The van der Waals surface area contributed by atoms with Crippen LogP contribution in [-0.2, 0) is 11.3 Å². The van der Waals surface area contributed by atoms with Gasteiger partial charge in [-0.15, -0.1) is 0 Å². The number of fused-ring (bicyclic) bond motifs is 1. The monoisotopic (exact) mass is 342 g/mol. The molecule has 3 rings (SSSR count). The van der Waals surface area contributed by atoms with Crippen molar-refractivity contribution in [3.63, 3.8) is 0 Å². The minimum absolute atomic E-state index is 0.0402. The van der Waals surface area contributed by atoms with Crippen molar-refractivity contribution in [2.24, 2.45) is 0 Å². The molecule has 1 amide bonds. The van der Waals surface area contributed by atoms with Crippen molar-refractivity contribution < 1.29 is 4.79 Å². The van der Waals surface area contributed by atoms with Gasteiger partial charge < -0.3 is 4.90 Å². The van der Waals surface area contributed by atoms with Gasteiger partial charge in [-0.1, -0.05) is 36.9 Å². The van der Waals surface area contributed by atoms with Crippen molar-refractivity contribution in [1.29, 1.82) is 0 Å². The molecule has 0 spiro atoms. The molecule has 0 N–H and O–H groups in total. The van der Waals surface area contributed by atoms with Gasteiger partial charge in [0.15, 0.2) is 0 Å².